The van der Waals surface area contributed by atoms with Crippen LogP contribution >= 0.6 is 0 Å². The van der Waals surface area contributed by atoms with Crippen LogP contribution in [0, 0.1) is 0 Å². The number of furan rings is 1. The SMILES string of the molecule is CC1(C)c2ccccc2-c2cc(-c3ccc(-c4ccc(N(c5ccccc5)c5cccc(-c6cccc7c6oc6ccccc67)c5)cc4)cc3)ccc21. The lowest BCUT2D eigenvalue weighted by Crippen LogP contribution is -2.14. The quantitative estimate of drug-likeness (QED) is 0.174. The molecule has 252 valence electrons. The Bertz CT molecular complexity index is 2790. The summed E-state index contributed by atoms with van der Waals surface area (Å²) in [6.45, 7) is 4.66. The molecule has 0 unspecified atom stereocenters. The van der Waals surface area contributed by atoms with Crippen LogP contribution in [0.1, 0.15) is 25.0 Å². The zero-order chi connectivity index (χ0) is 35.5. The Balaban J connectivity index is 0.972. The highest BCUT2D eigenvalue weighted by molar-refractivity contribution is 6.09. The normalized spacial score (nSPS) is 12.9. The van der Waals surface area contributed by atoms with Crippen molar-refractivity contribution in [2.75, 3.05) is 4.90 Å². The molecule has 0 bridgehead atoms. The molecule has 0 saturated heterocycles. The highest BCUT2D eigenvalue weighted by Gasteiger charge is 2.35. The summed E-state index contributed by atoms with van der Waals surface area (Å²) in [4.78, 5) is 2.32. The number of rotatable bonds is 6. The van der Waals surface area contributed by atoms with E-state index in [0.29, 0.717) is 0 Å². The molecule has 9 aromatic rings. The summed E-state index contributed by atoms with van der Waals surface area (Å²) in [6, 6.07) is 67.7. The van der Waals surface area contributed by atoms with Crippen molar-refractivity contribution in [2.24, 2.45) is 0 Å². The molecule has 10 rings (SSSR count). The van der Waals surface area contributed by atoms with E-state index in [9.17, 15) is 0 Å². The second-order valence-corrected chi connectivity index (χ2v) is 14.6. The Morgan fingerprint density at radius 3 is 1.75 bits per heavy atom. The first-order chi connectivity index (χ1) is 26.0. The maximum Gasteiger partial charge on any atom is 0.143 e. The lowest BCUT2D eigenvalue weighted by atomic mass is 9.82. The maximum absolute atomic E-state index is 6.42. The second-order valence-electron chi connectivity index (χ2n) is 14.6. The van der Waals surface area contributed by atoms with Crippen LogP contribution < -0.4 is 4.90 Å². The molecular formula is C51H37NO. The Labute approximate surface area is 310 Å². The molecule has 53 heavy (non-hydrogen) atoms. The molecule has 2 nitrogen and oxygen atoms in total. The van der Waals surface area contributed by atoms with Crippen LogP contribution in [-0.4, -0.2) is 0 Å². The number of benzene rings is 8. The summed E-state index contributed by atoms with van der Waals surface area (Å²) in [6.07, 6.45) is 0. The Kier molecular flexibility index (Phi) is 7.19. The molecule has 0 radical (unpaired) electrons. The largest absolute Gasteiger partial charge is 0.455 e. The van der Waals surface area contributed by atoms with E-state index in [4.69, 9.17) is 4.42 Å². The third-order valence-corrected chi connectivity index (χ3v) is 11.1. The van der Waals surface area contributed by atoms with Crippen LogP contribution in [0.2, 0.25) is 0 Å². The summed E-state index contributed by atoms with van der Waals surface area (Å²) in [5.74, 6) is 0. The zero-order valence-corrected chi connectivity index (χ0v) is 29.8. The molecule has 0 amide bonds. The molecule has 0 saturated carbocycles. The van der Waals surface area contributed by atoms with Gasteiger partial charge in [-0.15, -0.1) is 0 Å². The van der Waals surface area contributed by atoms with Crippen molar-refractivity contribution in [2.45, 2.75) is 19.3 Å². The maximum atomic E-state index is 6.42. The molecule has 1 heterocycles. The summed E-state index contributed by atoms with van der Waals surface area (Å²) in [5.41, 5.74) is 17.7. The number of fused-ring (bicyclic) bond motifs is 6. The van der Waals surface area contributed by atoms with Gasteiger partial charge in [0, 0.05) is 38.8 Å². The van der Waals surface area contributed by atoms with Crippen LogP contribution in [0.25, 0.3) is 66.4 Å². The average molecular weight is 680 g/mol. The first-order valence-electron chi connectivity index (χ1n) is 18.3. The molecule has 0 aliphatic heterocycles. The molecule has 0 atom stereocenters. The number of nitrogens with zero attached hydrogens (tertiary/aromatic N) is 1. The van der Waals surface area contributed by atoms with Crippen molar-refractivity contribution in [3.05, 3.63) is 199 Å². The van der Waals surface area contributed by atoms with E-state index in [1.54, 1.807) is 0 Å². The lowest BCUT2D eigenvalue weighted by Gasteiger charge is -2.26. The predicted octanol–water partition coefficient (Wildman–Crippen LogP) is 14.4. The van der Waals surface area contributed by atoms with Gasteiger partial charge in [-0.05, 0) is 98.6 Å². The first-order valence-corrected chi connectivity index (χ1v) is 18.3. The van der Waals surface area contributed by atoms with Gasteiger partial charge in [0.2, 0.25) is 0 Å². The van der Waals surface area contributed by atoms with E-state index in [1.807, 2.05) is 12.1 Å². The minimum absolute atomic E-state index is 0.0173. The molecule has 0 fully saturated rings. The fraction of sp³-hybridized carbons (Fsp3) is 0.0588. The topological polar surface area (TPSA) is 16.4 Å². The van der Waals surface area contributed by atoms with Gasteiger partial charge >= 0.3 is 0 Å². The Hall–Kier alpha value is -6.64. The molecule has 2 heteroatoms. The van der Waals surface area contributed by atoms with Crippen molar-refractivity contribution < 1.29 is 4.42 Å². The van der Waals surface area contributed by atoms with Gasteiger partial charge in [-0.2, -0.15) is 0 Å². The monoisotopic (exact) mass is 679 g/mol. The highest BCUT2D eigenvalue weighted by Crippen LogP contribution is 2.49. The van der Waals surface area contributed by atoms with Crippen LogP contribution in [0.3, 0.4) is 0 Å². The standard InChI is InChI=1S/C51H37NO/c1-51(2)47-20-8-6-16-43(47)46-33-37(28-31-48(46)51)36-24-22-34(23-25-36)35-26-29-40(30-27-35)52(39-13-4-3-5-14-39)41-15-10-12-38(32-41)42-18-11-19-45-44-17-7-9-21-49(44)53-50(42)45/h3-33H,1-2H3. The molecule has 1 aliphatic carbocycles. The van der Waals surface area contributed by atoms with Gasteiger partial charge in [0.05, 0.1) is 0 Å². The smallest absolute Gasteiger partial charge is 0.143 e. The van der Waals surface area contributed by atoms with Crippen molar-refractivity contribution in [3.63, 3.8) is 0 Å². The van der Waals surface area contributed by atoms with Crippen LogP contribution in [0.15, 0.2) is 192 Å². The van der Waals surface area contributed by atoms with Gasteiger partial charge < -0.3 is 9.32 Å². The molecule has 0 spiro atoms. The van der Waals surface area contributed by atoms with Crippen molar-refractivity contribution in [1.29, 1.82) is 0 Å². The highest BCUT2D eigenvalue weighted by atomic mass is 16.3. The summed E-state index contributed by atoms with van der Waals surface area (Å²) in [5, 5.41) is 2.27. The van der Waals surface area contributed by atoms with Crippen molar-refractivity contribution >= 4 is 39.0 Å². The van der Waals surface area contributed by atoms with E-state index in [0.717, 1.165) is 50.1 Å². The van der Waals surface area contributed by atoms with Gasteiger partial charge in [-0.25, -0.2) is 0 Å². The number of hydrogen-bond donors (Lipinski definition) is 0. The fourth-order valence-corrected chi connectivity index (χ4v) is 8.37. The fourth-order valence-electron chi connectivity index (χ4n) is 8.37. The van der Waals surface area contributed by atoms with Crippen molar-refractivity contribution in [3.8, 4) is 44.5 Å². The van der Waals surface area contributed by atoms with E-state index in [1.165, 1.54) is 44.5 Å². The van der Waals surface area contributed by atoms with Gasteiger partial charge in [0.15, 0.2) is 0 Å². The molecule has 0 N–H and O–H groups in total. The van der Waals surface area contributed by atoms with E-state index >= 15 is 0 Å². The molecular weight excluding hydrogens is 643 g/mol. The zero-order valence-electron chi connectivity index (χ0n) is 29.8. The van der Waals surface area contributed by atoms with Gasteiger partial charge in [-0.1, -0.05) is 153 Å². The van der Waals surface area contributed by atoms with Gasteiger partial charge in [0.25, 0.3) is 0 Å². The third kappa shape index (κ3) is 5.18. The molecule has 8 aromatic carbocycles. The second kappa shape index (κ2) is 12.3. The predicted molar refractivity (Wildman–Crippen MR) is 222 cm³/mol. The summed E-state index contributed by atoms with van der Waals surface area (Å²) < 4.78 is 6.42. The van der Waals surface area contributed by atoms with Gasteiger partial charge in [-0.3, -0.25) is 0 Å². The molecule has 1 aromatic heterocycles. The van der Waals surface area contributed by atoms with Crippen LogP contribution in [0.4, 0.5) is 17.1 Å². The first kappa shape index (κ1) is 31.1. The van der Waals surface area contributed by atoms with E-state index in [2.05, 4.69) is 195 Å². The van der Waals surface area contributed by atoms with Crippen LogP contribution in [-0.2, 0) is 5.41 Å². The Morgan fingerprint density at radius 2 is 0.943 bits per heavy atom. The Morgan fingerprint density at radius 1 is 0.377 bits per heavy atom. The third-order valence-electron chi connectivity index (χ3n) is 11.1. The van der Waals surface area contributed by atoms with E-state index in [-0.39, 0.29) is 5.41 Å². The van der Waals surface area contributed by atoms with Crippen molar-refractivity contribution in [1.82, 2.24) is 0 Å². The average Bonchev–Trinajstić information content (AvgIpc) is 3.71. The number of hydrogen-bond acceptors (Lipinski definition) is 2. The number of para-hydroxylation sites is 3. The summed E-state index contributed by atoms with van der Waals surface area (Å²) >= 11 is 0. The van der Waals surface area contributed by atoms with E-state index < -0.39 is 0 Å². The van der Waals surface area contributed by atoms with Crippen LogP contribution in [0.5, 0.6) is 0 Å². The minimum Gasteiger partial charge on any atom is -0.455 e. The minimum atomic E-state index is 0.0173. The molecule has 1 aliphatic rings. The lowest BCUT2D eigenvalue weighted by molar-refractivity contribution is 0.660. The summed E-state index contributed by atoms with van der Waals surface area (Å²) in [7, 11) is 0. The number of anilines is 3. The van der Waals surface area contributed by atoms with Gasteiger partial charge in [0.1, 0.15) is 11.2 Å².